The summed E-state index contributed by atoms with van der Waals surface area (Å²) in [7, 11) is 1.25. The second-order valence-corrected chi connectivity index (χ2v) is 4.85. The van der Waals surface area contributed by atoms with Crippen LogP contribution in [-0.2, 0) is 19.0 Å². The zero-order chi connectivity index (χ0) is 15.5. The Morgan fingerprint density at radius 1 is 1.14 bits per heavy atom. The first kappa shape index (κ1) is 14.8. The van der Waals surface area contributed by atoms with Gasteiger partial charge in [0.25, 0.3) is 5.76 Å². The van der Waals surface area contributed by atoms with E-state index in [1.165, 1.54) is 19.3 Å². The van der Waals surface area contributed by atoms with Crippen LogP contribution in [0.4, 0.5) is 0 Å². The van der Waals surface area contributed by atoms with E-state index < -0.39 is 11.8 Å². The minimum atomic E-state index is -0.973. The molecular formula is C16H16O5. The second-order valence-electron chi connectivity index (χ2n) is 4.85. The van der Waals surface area contributed by atoms with Crippen LogP contribution in [0, 0.1) is 0 Å². The number of methoxy groups -OCH3 is 1. The van der Waals surface area contributed by atoms with Crippen molar-refractivity contribution >= 4 is 11.8 Å². The first-order valence-corrected chi connectivity index (χ1v) is 6.41. The van der Waals surface area contributed by atoms with Crippen LogP contribution in [0.15, 0.2) is 54.0 Å². The molecule has 1 aromatic rings. The fourth-order valence-electron chi connectivity index (χ4n) is 1.82. The fraction of sp³-hybridized carbons (Fsp3) is 0.250. The molecule has 0 aromatic heterocycles. The van der Waals surface area contributed by atoms with E-state index in [-0.39, 0.29) is 17.3 Å². The molecular weight excluding hydrogens is 272 g/mol. The van der Waals surface area contributed by atoms with Crippen LogP contribution in [-0.4, -0.2) is 24.6 Å². The zero-order valence-corrected chi connectivity index (χ0v) is 12.1. The molecule has 0 atom stereocenters. The number of ketones is 1. The molecule has 1 aliphatic rings. The molecule has 0 saturated heterocycles. The summed E-state index contributed by atoms with van der Waals surface area (Å²) in [6.45, 7) is 3.32. The minimum absolute atomic E-state index is 0.0420. The number of carbonyl (C=O) groups excluding carboxylic acids is 2. The number of esters is 1. The fourth-order valence-corrected chi connectivity index (χ4v) is 1.82. The third-order valence-corrected chi connectivity index (χ3v) is 2.74. The predicted molar refractivity (Wildman–Crippen MR) is 75.2 cm³/mol. The van der Waals surface area contributed by atoms with Crippen molar-refractivity contribution in [2.45, 2.75) is 19.6 Å². The highest BCUT2D eigenvalue weighted by Gasteiger charge is 2.37. The third-order valence-electron chi connectivity index (χ3n) is 2.74. The third kappa shape index (κ3) is 3.51. The minimum Gasteiger partial charge on any atom is -0.463 e. The second kappa shape index (κ2) is 5.83. The van der Waals surface area contributed by atoms with Crippen LogP contribution in [0.1, 0.15) is 24.2 Å². The maximum atomic E-state index is 12.0. The SMILES string of the molecule is COC(=O)C1=C(/C=C/C(=O)c2ccccc2)OC(C)(C)O1. The number of rotatable bonds is 4. The lowest BCUT2D eigenvalue weighted by atomic mass is 10.1. The number of carbonyl (C=O) groups is 2. The van der Waals surface area contributed by atoms with Crippen LogP contribution in [0.25, 0.3) is 0 Å². The lowest BCUT2D eigenvalue weighted by molar-refractivity contribution is -0.152. The topological polar surface area (TPSA) is 61.8 Å². The van der Waals surface area contributed by atoms with Crippen LogP contribution in [0.3, 0.4) is 0 Å². The number of allylic oxidation sites excluding steroid dienone is 2. The summed E-state index contributed by atoms with van der Waals surface area (Å²) >= 11 is 0. The highest BCUT2D eigenvalue weighted by atomic mass is 16.7. The van der Waals surface area contributed by atoms with E-state index in [0.717, 1.165) is 0 Å². The molecule has 0 unspecified atom stereocenters. The molecule has 0 spiro atoms. The van der Waals surface area contributed by atoms with Crippen molar-refractivity contribution < 1.29 is 23.8 Å². The van der Waals surface area contributed by atoms with Crippen molar-refractivity contribution in [3.05, 3.63) is 59.6 Å². The summed E-state index contributed by atoms with van der Waals surface area (Å²) in [4.78, 5) is 23.6. The average molecular weight is 288 g/mol. The molecule has 0 bridgehead atoms. The van der Waals surface area contributed by atoms with Gasteiger partial charge in [-0.2, -0.15) is 0 Å². The Morgan fingerprint density at radius 3 is 2.43 bits per heavy atom. The molecule has 0 N–H and O–H groups in total. The van der Waals surface area contributed by atoms with E-state index in [0.29, 0.717) is 5.56 Å². The summed E-state index contributed by atoms with van der Waals surface area (Å²) in [5.74, 6) is -1.68. The van der Waals surface area contributed by atoms with Crippen LogP contribution >= 0.6 is 0 Å². The highest BCUT2D eigenvalue weighted by Crippen LogP contribution is 2.31. The van der Waals surface area contributed by atoms with E-state index in [1.54, 1.807) is 38.1 Å². The molecule has 1 aliphatic heterocycles. The summed E-state index contributed by atoms with van der Waals surface area (Å²) in [5, 5.41) is 0. The molecule has 0 fully saturated rings. The Labute approximate surface area is 122 Å². The van der Waals surface area contributed by atoms with Gasteiger partial charge in [0.1, 0.15) is 0 Å². The normalized spacial score (nSPS) is 16.5. The van der Waals surface area contributed by atoms with Crippen molar-refractivity contribution in [1.29, 1.82) is 0 Å². The molecule has 2 rings (SSSR count). The Morgan fingerprint density at radius 2 is 1.81 bits per heavy atom. The van der Waals surface area contributed by atoms with Crippen molar-refractivity contribution in [2.24, 2.45) is 0 Å². The van der Waals surface area contributed by atoms with E-state index in [9.17, 15) is 9.59 Å². The zero-order valence-electron chi connectivity index (χ0n) is 12.1. The Balaban J connectivity index is 2.21. The molecule has 110 valence electrons. The lowest BCUT2D eigenvalue weighted by Crippen LogP contribution is -2.22. The number of ether oxygens (including phenoxy) is 3. The quantitative estimate of drug-likeness (QED) is 0.484. The smallest absolute Gasteiger partial charge is 0.377 e. The van der Waals surface area contributed by atoms with Gasteiger partial charge in [-0.3, -0.25) is 4.79 Å². The number of hydrogen-bond acceptors (Lipinski definition) is 5. The van der Waals surface area contributed by atoms with Crippen LogP contribution in [0.2, 0.25) is 0 Å². The van der Waals surface area contributed by atoms with Crippen molar-refractivity contribution in [3.8, 4) is 0 Å². The summed E-state index contributed by atoms with van der Waals surface area (Å²) in [6.07, 6.45) is 2.74. The highest BCUT2D eigenvalue weighted by molar-refractivity contribution is 6.04. The first-order chi connectivity index (χ1) is 9.93. The van der Waals surface area contributed by atoms with Crippen LogP contribution in [0.5, 0.6) is 0 Å². The lowest BCUT2D eigenvalue weighted by Gasteiger charge is -2.17. The molecule has 21 heavy (non-hydrogen) atoms. The summed E-state index contributed by atoms with van der Waals surface area (Å²) in [5.41, 5.74) is 0.548. The monoisotopic (exact) mass is 288 g/mol. The van der Waals surface area contributed by atoms with Gasteiger partial charge in [-0.05, 0) is 12.2 Å². The molecule has 0 aliphatic carbocycles. The van der Waals surface area contributed by atoms with Crippen molar-refractivity contribution in [2.75, 3.05) is 7.11 Å². The number of hydrogen-bond donors (Lipinski definition) is 0. The van der Waals surface area contributed by atoms with Gasteiger partial charge < -0.3 is 14.2 Å². The largest absolute Gasteiger partial charge is 0.463 e. The molecule has 5 nitrogen and oxygen atoms in total. The molecule has 0 amide bonds. The van der Waals surface area contributed by atoms with Gasteiger partial charge in [0.05, 0.1) is 7.11 Å². The van der Waals surface area contributed by atoms with E-state index in [4.69, 9.17) is 9.47 Å². The maximum absolute atomic E-state index is 12.0. The first-order valence-electron chi connectivity index (χ1n) is 6.41. The van der Waals surface area contributed by atoms with E-state index in [2.05, 4.69) is 4.74 Å². The Kier molecular flexibility index (Phi) is 4.12. The van der Waals surface area contributed by atoms with Gasteiger partial charge in [-0.25, -0.2) is 4.79 Å². The molecule has 0 radical (unpaired) electrons. The molecule has 1 aromatic carbocycles. The van der Waals surface area contributed by atoms with E-state index in [1.807, 2.05) is 6.07 Å². The summed E-state index contributed by atoms with van der Waals surface area (Å²) in [6, 6.07) is 8.79. The average Bonchev–Trinajstić information content (AvgIpc) is 2.80. The van der Waals surface area contributed by atoms with Crippen molar-refractivity contribution in [1.82, 2.24) is 0 Å². The Hall–Kier alpha value is -2.56. The molecule has 1 heterocycles. The molecule has 5 heteroatoms. The van der Waals surface area contributed by atoms with Gasteiger partial charge in [-0.15, -0.1) is 0 Å². The van der Waals surface area contributed by atoms with E-state index >= 15 is 0 Å². The van der Waals surface area contributed by atoms with Gasteiger partial charge in [0.2, 0.25) is 5.79 Å². The number of benzene rings is 1. The van der Waals surface area contributed by atoms with Gasteiger partial charge in [-0.1, -0.05) is 30.3 Å². The molecule has 0 saturated carbocycles. The van der Waals surface area contributed by atoms with Crippen LogP contribution < -0.4 is 0 Å². The Bertz CT molecular complexity index is 611. The maximum Gasteiger partial charge on any atom is 0.377 e. The van der Waals surface area contributed by atoms with Gasteiger partial charge in [0.15, 0.2) is 11.5 Å². The predicted octanol–water partition coefficient (Wildman–Crippen LogP) is 2.59. The van der Waals surface area contributed by atoms with Crippen molar-refractivity contribution in [3.63, 3.8) is 0 Å². The standard InChI is InChI=1S/C16H16O5/c1-16(2)20-13(14(21-16)15(18)19-3)10-9-12(17)11-7-5-4-6-8-11/h4-10H,1-3H3/b10-9+. The van der Waals surface area contributed by atoms with Gasteiger partial charge in [0, 0.05) is 19.4 Å². The van der Waals surface area contributed by atoms with Gasteiger partial charge >= 0.3 is 5.97 Å². The summed E-state index contributed by atoms with van der Waals surface area (Å²) < 4.78 is 15.5.